The lowest BCUT2D eigenvalue weighted by atomic mass is 9.73. The summed E-state index contributed by atoms with van der Waals surface area (Å²) in [6, 6.07) is 3.10. The maximum Gasteiger partial charge on any atom is 0.508 e. The Kier molecular flexibility index (Phi) is 13.2. The van der Waals surface area contributed by atoms with Gasteiger partial charge in [-0.05, 0) is 78.6 Å². The summed E-state index contributed by atoms with van der Waals surface area (Å²) in [7, 11) is 3.70. The number of pyridine rings is 1. The van der Waals surface area contributed by atoms with Crippen molar-refractivity contribution in [2.24, 2.45) is 23.7 Å². The second kappa shape index (κ2) is 16.4. The second-order valence-electron chi connectivity index (χ2n) is 15.6. The van der Waals surface area contributed by atoms with Gasteiger partial charge in [0.2, 0.25) is 0 Å². The minimum absolute atomic E-state index is 0.00101. The van der Waals surface area contributed by atoms with Crippen LogP contribution in [0.4, 0.5) is 4.79 Å². The molecule has 0 saturated carbocycles. The number of cyclic esters (lactones) is 1. The lowest BCUT2D eigenvalue weighted by Gasteiger charge is -2.49. The van der Waals surface area contributed by atoms with E-state index >= 15 is 0 Å². The van der Waals surface area contributed by atoms with Crippen molar-refractivity contribution in [2.75, 3.05) is 14.1 Å². The van der Waals surface area contributed by atoms with Crippen LogP contribution < -0.4 is 0 Å². The molecule has 0 unspecified atom stereocenters. The van der Waals surface area contributed by atoms with Crippen molar-refractivity contribution < 1.29 is 58.1 Å². The molecule has 14 nitrogen and oxygen atoms in total. The highest BCUT2D eigenvalue weighted by Crippen LogP contribution is 2.42. The Morgan fingerprint density at radius 2 is 1.75 bits per heavy atom. The number of hydrogen-bond donors (Lipinski definition) is 3. The predicted molar refractivity (Wildman–Crippen MR) is 183 cm³/mol. The van der Waals surface area contributed by atoms with E-state index in [1.807, 2.05) is 32.8 Å². The van der Waals surface area contributed by atoms with E-state index in [0.29, 0.717) is 12.0 Å². The molecule has 3 saturated heterocycles. The van der Waals surface area contributed by atoms with Crippen molar-refractivity contribution in [2.45, 2.75) is 147 Å². The molecule has 4 heterocycles. The van der Waals surface area contributed by atoms with Crippen molar-refractivity contribution in [3.63, 3.8) is 0 Å². The molecule has 0 radical (unpaired) electrons. The maximum absolute atomic E-state index is 14.0. The van der Waals surface area contributed by atoms with Crippen LogP contribution in [0.3, 0.4) is 0 Å². The van der Waals surface area contributed by atoms with Crippen LogP contribution in [0.1, 0.15) is 80.2 Å². The van der Waals surface area contributed by atoms with Gasteiger partial charge in [0.25, 0.3) is 0 Å². The van der Waals surface area contributed by atoms with Crippen molar-refractivity contribution in [3.8, 4) is 0 Å². The van der Waals surface area contributed by atoms with E-state index in [0.717, 1.165) is 0 Å². The van der Waals surface area contributed by atoms with Crippen molar-refractivity contribution in [1.82, 2.24) is 9.88 Å². The summed E-state index contributed by atoms with van der Waals surface area (Å²) in [6.07, 6.45) is -5.35. The lowest BCUT2D eigenvalue weighted by Crippen LogP contribution is -2.62. The molecular formula is C37H58N2O12. The summed E-state index contributed by atoms with van der Waals surface area (Å²) < 4.78 is 36.0. The Morgan fingerprint density at radius 1 is 1.06 bits per heavy atom. The number of rotatable bonds is 7. The monoisotopic (exact) mass is 722 g/mol. The number of fused-ring (bicyclic) bond motifs is 2. The Morgan fingerprint density at radius 3 is 2.35 bits per heavy atom. The summed E-state index contributed by atoms with van der Waals surface area (Å²) in [4.78, 5) is 46.3. The summed E-state index contributed by atoms with van der Waals surface area (Å²) in [5, 5.41) is 35.8. The molecule has 288 valence electrons. The summed E-state index contributed by atoms with van der Waals surface area (Å²) >= 11 is 0. The number of aromatic nitrogens is 1. The van der Waals surface area contributed by atoms with Gasteiger partial charge in [0.05, 0.1) is 30.1 Å². The van der Waals surface area contributed by atoms with Gasteiger partial charge < -0.3 is 48.6 Å². The molecule has 3 aliphatic rings. The zero-order valence-electron chi connectivity index (χ0n) is 31.6. The molecule has 0 aliphatic carbocycles. The van der Waals surface area contributed by atoms with Crippen molar-refractivity contribution in [1.29, 1.82) is 0 Å². The van der Waals surface area contributed by atoms with Crippen LogP contribution in [-0.2, 0) is 44.4 Å². The Bertz CT molecular complexity index is 1340. The molecule has 15 atom stereocenters. The highest BCUT2D eigenvalue weighted by molar-refractivity contribution is 5.76. The number of likely N-dealkylation sites (N-methyl/N-ethyl adjacent to an activating group) is 1. The number of esters is 2. The molecule has 2 bridgehead atoms. The number of aliphatic hydroxyl groups is 3. The normalized spacial score (nSPS) is 42.6. The van der Waals surface area contributed by atoms with Crippen LogP contribution in [0.15, 0.2) is 24.5 Å². The molecule has 0 spiro atoms. The van der Waals surface area contributed by atoms with E-state index in [4.69, 9.17) is 28.4 Å². The van der Waals surface area contributed by atoms with E-state index in [2.05, 4.69) is 4.98 Å². The number of ether oxygens (including phenoxy) is 6. The zero-order valence-corrected chi connectivity index (χ0v) is 31.6. The second-order valence-corrected chi connectivity index (χ2v) is 15.6. The third-order valence-electron chi connectivity index (χ3n) is 11.0. The summed E-state index contributed by atoms with van der Waals surface area (Å²) in [6.45, 7) is 13.4. The predicted octanol–water partition coefficient (Wildman–Crippen LogP) is 3.02. The highest BCUT2D eigenvalue weighted by Gasteiger charge is 2.56. The zero-order chi connectivity index (χ0) is 38.0. The highest BCUT2D eigenvalue weighted by atomic mass is 16.7. The van der Waals surface area contributed by atoms with Crippen LogP contribution in [0.25, 0.3) is 0 Å². The van der Waals surface area contributed by atoms with E-state index in [9.17, 15) is 29.7 Å². The first kappa shape index (κ1) is 40.9. The lowest BCUT2D eigenvalue weighted by molar-refractivity contribution is -0.300. The van der Waals surface area contributed by atoms with Gasteiger partial charge in [-0.1, -0.05) is 33.8 Å². The van der Waals surface area contributed by atoms with Crippen LogP contribution in [0.2, 0.25) is 0 Å². The summed E-state index contributed by atoms with van der Waals surface area (Å²) in [5.41, 5.74) is -2.97. The molecule has 1 aromatic heterocycles. The minimum Gasteiger partial charge on any atom is -0.461 e. The Labute approximate surface area is 301 Å². The van der Waals surface area contributed by atoms with Crippen LogP contribution in [-0.4, -0.2) is 124 Å². The van der Waals surface area contributed by atoms with Crippen LogP contribution in [0, 0.1) is 23.7 Å². The molecule has 3 fully saturated rings. The molecule has 4 rings (SSSR count). The van der Waals surface area contributed by atoms with E-state index in [1.54, 1.807) is 59.1 Å². The third kappa shape index (κ3) is 9.20. The molecule has 14 heteroatoms. The molecule has 51 heavy (non-hydrogen) atoms. The number of carbonyl (C=O) groups excluding carboxylic acids is 3. The third-order valence-corrected chi connectivity index (χ3v) is 11.0. The van der Waals surface area contributed by atoms with Gasteiger partial charge >= 0.3 is 18.1 Å². The topological polar surface area (TPSA) is 183 Å². The number of aliphatic hydroxyl groups excluding tert-OH is 1. The van der Waals surface area contributed by atoms with E-state index in [1.165, 1.54) is 6.92 Å². The minimum atomic E-state index is -1.83. The fourth-order valence-electron chi connectivity index (χ4n) is 8.32. The van der Waals surface area contributed by atoms with Gasteiger partial charge in [0.15, 0.2) is 6.29 Å². The fraction of sp³-hybridized carbons (Fsp3) is 0.784. The maximum atomic E-state index is 14.0. The van der Waals surface area contributed by atoms with Crippen LogP contribution >= 0.6 is 0 Å². The molecule has 0 amide bonds. The van der Waals surface area contributed by atoms with E-state index < -0.39 is 95.9 Å². The standard InChI is InChI=1S/C37H58N2O12/c1-11-26-37(8,45)32-21(4)29(49-35(43)51-32)19(2)17-36(7,44)31(50-34-28(41)25(39(9)10)15-20(3)46-34)22(5)30(23(6)33(42)47-26)48-27(40)16-24-13-12-14-38-18-24/h12-14,18-23,25-26,28-32,34,41,44-45H,11,15-17H2,1-10H3/t19-,20-,21-,22+,23-,25+,26+,28-,29+,30+,31-,32-,34+,36+,37-/m1/s1. The van der Waals surface area contributed by atoms with Gasteiger partial charge in [-0.15, -0.1) is 0 Å². The molecule has 3 aliphatic heterocycles. The quantitative estimate of drug-likeness (QED) is 0.276. The first-order valence-corrected chi connectivity index (χ1v) is 18.0. The van der Waals surface area contributed by atoms with Gasteiger partial charge in [0, 0.05) is 30.3 Å². The number of nitrogens with zero attached hydrogens (tertiary/aromatic N) is 2. The average Bonchev–Trinajstić information content (AvgIpc) is 3.05. The van der Waals surface area contributed by atoms with Gasteiger partial charge in [-0.2, -0.15) is 0 Å². The number of hydrogen-bond acceptors (Lipinski definition) is 14. The van der Waals surface area contributed by atoms with Crippen molar-refractivity contribution >= 4 is 18.1 Å². The largest absolute Gasteiger partial charge is 0.508 e. The smallest absolute Gasteiger partial charge is 0.461 e. The van der Waals surface area contributed by atoms with Crippen molar-refractivity contribution in [3.05, 3.63) is 30.1 Å². The molecular weight excluding hydrogens is 664 g/mol. The number of carbonyl (C=O) groups is 3. The van der Waals surface area contributed by atoms with E-state index in [-0.39, 0.29) is 31.4 Å². The SMILES string of the molecule is CC[C@@H]1OC(=O)[C@H](C)[C@@H](OC(=O)Cc2cccnc2)[C@H](C)[C@@H](O[C@@H]2O[C@H](C)C[C@H](N(C)C)[C@H]2O)[C@@](C)(O)C[C@@H](C)[C@@H]2OC(=O)O[C@H]([C@@H]2C)[C@]1(C)O. The Hall–Kier alpha value is -2.88. The molecule has 3 N–H and O–H groups in total. The first-order valence-electron chi connectivity index (χ1n) is 18.0. The molecule has 0 aromatic carbocycles. The summed E-state index contributed by atoms with van der Waals surface area (Å²) in [5.74, 6) is -4.55. The first-order chi connectivity index (χ1) is 23.8. The van der Waals surface area contributed by atoms with Gasteiger partial charge in [-0.25, -0.2) is 4.79 Å². The fourth-order valence-corrected chi connectivity index (χ4v) is 8.32. The average molecular weight is 723 g/mol. The van der Waals surface area contributed by atoms with Crippen LogP contribution in [0.5, 0.6) is 0 Å². The van der Waals surface area contributed by atoms with Gasteiger partial charge in [-0.3, -0.25) is 14.6 Å². The Balaban J connectivity index is 1.82. The van der Waals surface area contributed by atoms with Gasteiger partial charge in [0.1, 0.15) is 36.1 Å². The molecule has 1 aromatic rings.